The van der Waals surface area contributed by atoms with Gasteiger partial charge in [0.15, 0.2) is 0 Å². The number of rotatable bonds is 7. The van der Waals surface area contributed by atoms with Crippen molar-refractivity contribution in [2.75, 3.05) is 12.3 Å². The van der Waals surface area contributed by atoms with Gasteiger partial charge in [-0.3, -0.25) is 4.79 Å². The van der Waals surface area contributed by atoms with Gasteiger partial charge in [0.1, 0.15) is 0 Å². The lowest BCUT2D eigenvalue weighted by Crippen LogP contribution is -2.29. The maximum atomic E-state index is 12.1. The molecule has 0 radical (unpaired) electrons. The predicted molar refractivity (Wildman–Crippen MR) is 103 cm³/mol. The van der Waals surface area contributed by atoms with Crippen molar-refractivity contribution in [2.24, 2.45) is 0 Å². The molecule has 0 saturated heterocycles. The predicted octanol–water partition coefficient (Wildman–Crippen LogP) is 3.33. The molecule has 1 heterocycles. The van der Waals surface area contributed by atoms with Crippen LogP contribution in [0, 0.1) is 0 Å². The average Bonchev–Trinajstić information content (AvgIpc) is 3.14. The minimum absolute atomic E-state index is 0.0524. The minimum Gasteiger partial charge on any atom is -0.355 e. The third-order valence-corrected chi connectivity index (χ3v) is 4.99. The zero-order valence-electron chi connectivity index (χ0n) is 14.2. The maximum Gasteiger partial charge on any atom is 0.230 e. The van der Waals surface area contributed by atoms with Gasteiger partial charge in [-0.1, -0.05) is 60.6 Å². The fraction of sp³-hybridized carbons (Fsp3) is 0.222. The molecule has 1 unspecified atom stereocenters. The summed E-state index contributed by atoms with van der Waals surface area (Å²) < 4.78 is 1.58. The molecule has 0 saturated carbocycles. The van der Waals surface area contributed by atoms with Crippen molar-refractivity contribution >= 4 is 29.3 Å². The van der Waals surface area contributed by atoms with Gasteiger partial charge in [0.05, 0.1) is 11.4 Å². The summed E-state index contributed by atoms with van der Waals surface area (Å²) in [5.41, 5.74) is 1.99. The molecule has 3 rings (SSSR count). The molecule has 0 bridgehead atoms. The molecule has 1 amide bonds. The van der Waals surface area contributed by atoms with Crippen molar-refractivity contribution in [1.82, 2.24) is 25.5 Å². The number of aromatic nitrogens is 4. The van der Waals surface area contributed by atoms with Gasteiger partial charge in [-0.05, 0) is 46.2 Å². The first kappa shape index (κ1) is 18.4. The molecule has 8 heteroatoms. The molecule has 1 aromatic heterocycles. The van der Waals surface area contributed by atoms with E-state index in [1.165, 1.54) is 17.3 Å². The highest BCUT2D eigenvalue weighted by atomic mass is 35.5. The zero-order valence-corrected chi connectivity index (χ0v) is 15.7. The van der Waals surface area contributed by atoms with Crippen LogP contribution in [0.2, 0.25) is 5.02 Å². The van der Waals surface area contributed by atoms with E-state index in [-0.39, 0.29) is 17.6 Å². The van der Waals surface area contributed by atoms with Crippen molar-refractivity contribution < 1.29 is 4.79 Å². The lowest BCUT2D eigenvalue weighted by Gasteiger charge is -2.12. The Kier molecular flexibility index (Phi) is 6.25. The monoisotopic (exact) mass is 387 g/mol. The number of thioether (sulfide) groups is 1. The van der Waals surface area contributed by atoms with Gasteiger partial charge in [-0.2, -0.15) is 4.68 Å². The summed E-state index contributed by atoms with van der Waals surface area (Å²) in [4.78, 5) is 12.1. The van der Waals surface area contributed by atoms with Crippen LogP contribution >= 0.6 is 23.4 Å². The summed E-state index contributed by atoms with van der Waals surface area (Å²) >= 11 is 7.19. The number of amides is 1. The summed E-state index contributed by atoms with van der Waals surface area (Å²) in [7, 11) is 0. The molecule has 2 aromatic carbocycles. The zero-order chi connectivity index (χ0) is 18.4. The van der Waals surface area contributed by atoms with Crippen LogP contribution in [0.1, 0.15) is 18.4 Å². The highest BCUT2D eigenvalue weighted by Gasteiger charge is 2.12. The summed E-state index contributed by atoms with van der Waals surface area (Å²) in [6.45, 7) is 2.68. The molecule has 134 valence electrons. The number of halogens is 1. The molecule has 0 fully saturated rings. The van der Waals surface area contributed by atoms with E-state index in [0.717, 1.165) is 5.69 Å². The number of nitrogens with one attached hydrogen (secondary N) is 1. The number of hydrogen-bond donors (Lipinski definition) is 1. The Morgan fingerprint density at radius 3 is 2.65 bits per heavy atom. The molecule has 26 heavy (non-hydrogen) atoms. The number of tetrazole rings is 1. The third-order valence-electron chi connectivity index (χ3n) is 3.82. The van der Waals surface area contributed by atoms with Gasteiger partial charge in [-0.25, -0.2) is 0 Å². The Hall–Kier alpha value is -2.38. The van der Waals surface area contributed by atoms with Crippen LogP contribution in [0.15, 0.2) is 59.8 Å². The van der Waals surface area contributed by atoms with Crippen molar-refractivity contribution in [3.63, 3.8) is 0 Å². The number of nitrogens with zero attached hydrogens (tertiary/aromatic N) is 4. The number of hydrogen-bond acceptors (Lipinski definition) is 5. The van der Waals surface area contributed by atoms with E-state index in [9.17, 15) is 4.79 Å². The topological polar surface area (TPSA) is 72.7 Å². The Bertz CT molecular complexity index is 854. The van der Waals surface area contributed by atoms with E-state index in [0.29, 0.717) is 16.7 Å². The first-order valence-electron chi connectivity index (χ1n) is 8.12. The van der Waals surface area contributed by atoms with Gasteiger partial charge in [0, 0.05) is 11.6 Å². The molecule has 0 aliphatic heterocycles. The van der Waals surface area contributed by atoms with E-state index < -0.39 is 0 Å². The van der Waals surface area contributed by atoms with Crippen LogP contribution in [0.3, 0.4) is 0 Å². The normalized spacial score (nSPS) is 11.9. The second-order valence-electron chi connectivity index (χ2n) is 5.75. The molecule has 0 spiro atoms. The van der Waals surface area contributed by atoms with Crippen LogP contribution in [0.4, 0.5) is 0 Å². The Morgan fingerprint density at radius 1 is 1.19 bits per heavy atom. The van der Waals surface area contributed by atoms with Gasteiger partial charge in [0.2, 0.25) is 11.1 Å². The first-order valence-corrected chi connectivity index (χ1v) is 9.48. The van der Waals surface area contributed by atoms with E-state index >= 15 is 0 Å². The van der Waals surface area contributed by atoms with Crippen LogP contribution in [-0.4, -0.2) is 38.4 Å². The lowest BCUT2D eigenvalue weighted by molar-refractivity contribution is -0.118. The molecule has 0 aliphatic rings. The second-order valence-corrected chi connectivity index (χ2v) is 7.13. The van der Waals surface area contributed by atoms with E-state index in [1.54, 1.807) is 16.8 Å². The van der Waals surface area contributed by atoms with Crippen molar-refractivity contribution in [3.8, 4) is 5.69 Å². The lowest BCUT2D eigenvalue weighted by atomic mass is 10.0. The Morgan fingerprint density at radius 2 is 1.92 bits per heavy atom. The molecular formula is C18H18ClN5OS. The average molecular weight is 388 g/mol. The molecule has 0 aliphatic carbocycles. The van der Waals surface area contributed by atoms with Crippen molar-refractivity contribution in [1.29, 1.82) is 0 Å². The van der Waals surface area contributed by atoms with Crippen LogP contribution in [0.5, 0.6) is 0 Å². The van der Waals surface area contributed by atoms with E-state index in [2.05, 4.69) is 39.9 Å². The molecule has 1 atom stereocenters. The van der Waals surface area contributed by atoms with E-state index in [4.69, 9.17) is 11.6 Å². The largest absolute Gasteiger partial charge is 0.355 e. The standard InChI is InChI=1S/C18H18ClN5OS/c1-13(14-5-3-2-4-6-14)11-20-17(25)12-26-18-21-22-23-24(18)16-9-7-15(19)8-10-16/h2-10,13H,11-12H2,1H3,(H,20,25). The smallest absolute Gasteiger partial charge is 0.230 e. The fourth-order valence-electron chi connectivity index (χ4n) is 2.36. The minimum atomic E-state index is -0.0524. The molecular weight excluding hydrogens is 370 g/mol. The summed E-state index contributed by atoms with van der Waals surface area (Å²) in [6, 6.07) is 17.3. The molecule has 3 aromatic rings. The quantitative estimate of drug-likeness (QED) is 0.629. The fourth-order valence-corrected chi connectivity index (χ4v) is 3.21. The van der Waals surface area contributed by atoms with Gasteiger partial charge < -0.3 is 5.32 Å². The number of carbonyl (C=O) groups excluding carboxylic acids is 1. The highest BCUT2D eigenvalue weighted by Crippen LogP contribution is 2.19. The SMILES string of the molecule is CC(CNC(=O)CSc1nnnn1-c1ccc(Cl)cc1)c1ccccc1. The van der Waals surface area contributed by atoms with Crippen LogP contribution in [0.25, 0.3) is 5.69 Å². The van der Waals surface area contributed by atoms with E-state index in [1.807, 2.05) is 30.3 Å². The number of benzene rings is 2. The summed E-state index contributed by atoms with van der Waals surface area (Å²) in [5, 5.41) is 15.8. The third kappa shape index (κ3) is 4.83. The van der Waals surface area contributed by atoms with Crippen LogP contribution in [-0.2, 0) is 4.79 Å². The highest BCUT2D eigenvalue weighted by molar-refractivity contribution is 7.99. The molecule has 6 nitrogen and oxygen atoms in total. The summed E-state index contributed by atoms with van der Waals surface area (Å²) in [6.07, 6.45) is 0. The Labute approximate surface area is 160 Å². The second kappa shape index (κ2) is 8.82. The summed E-state index contributed by atoms with van der Waals surface area (Å²) in [5.74, 6) is 0.447. The van der Waals surface area contributed by atoms with Gasteiger partial charge in [0.25, 0.3) is 0 Å². The Balaban J connectivity index is 1.52. The van der Waals surface area contributed by atoms with Gasteiger partial charge >= 0.3 is 0 Å². The first-order chi connectivity index (χ1) is 12.6. The maximum absolute atomic E-state index is 12.1. The van der Waals surface area contributed by atoms with Crippen molar-refractivity contribution in [2.45, 2.75) is 18.0 Å². The molecule has 1 N–H and O–H groups in total. The van der Waals surface area contributed by atoms with Gasteiger partial charge in [-0.15, -0.1) is 5.10 Å². The number of carbonyl (C=O) groups is 1. The van der Waals surface area contributed by atoms with Crippen LogP contribution < -0.4 is 5.32 Å². The van der Waals surface area contributed by atoms with Crippen molar-refractivity contribution in [3.05, 3.63) is 65.2 Å².